The predicted molar refractivity (Wildman–Crippen MR) is 123 cm³/mol. The van der Waals surface area contributed by atoms with Gasteiger partial charge in [-0.2, -0.15) is 0 Å². The Morgan fingerprint density at radius 3 is 2.61 bits per heavy atom. The Bertz CT molecular complexity index is 662. The van der Waals surface area contributed by atoms with E-state index in [0.717, 1.165) is 25.6 Å². The zero-order valence-electron chi connectivity index (χ0n) is 16.9. The lowest BCUT2D eigenvalue weighted by Gasteiger charge is -2.33. The number of likely N-dealkylation sites (tertiary alicyclic amines) is 1. The van der Waals surface area contributed by atoms with Crippen LogP contribution in [0.15, 0.2) is 4.99 Å². The van der Waals surface area contributed by atoms with Crippen LogP contribution in [0.1, 0.15) is 58.3 Å². The van der Waals surface area contributed by atoms with Crippen LogP contribution in [0.3, 0.4) is 0 Å². The van der Waals surface area contributed by atoms with Gasteiger partial charge in [0.1, 0.15) is 0 Å². The fourth-order valence-electron chi connectivity index (χ4n) is 4.72. The normalized spacial score (nSPS) is 26.1. The molecule has 1 atom stereocenters. The highest BCUT2D eigenvalue weighted by atomic mass is 127. The van der Waals surface area contributed by atoms with E-state index in [1.165, 1.54) is 38.5 Å². The molecule has 28 heavy (non-hydrogen) atoms. The lowest BCUT2D eigenvalue weighted by atomic mass is 9.73. The quantitative estimate of drug-likeness (QED) is 0.325. The average Bonchev–Trinajstić information content (AvgIpc) is 3.18. The smallest absolute Gasteiger partial charge is 0.222 e. The van der Waals surface area contributed by atoms with Crippen LogP contribution in [0.25, 0.3) is 0 Å². The number of carbonyl (C=O) groups is 1. The zero-order valence-corrected chi connectivity index (χ0v) is 20.1. The van der Waals surface area contributed by atoms with Crippen LogP contribution in [0.5, 0.6) is 0 Å². The van der Waals surface area contributed by atoms with Gasteiger partial charge in [0.05, 0.1) is 18.1 Å². The number of rotatable bonds is 5. The Morgan fingerprint density at radius 2 is 1.96 bits per heavy atom. The van der Waals surface area contributed by atoms with Gasteiger partial charge in [-0.1, -0.05) is 19.3 Å². The van der Waals surface area contributed by atoms with Crippen LogP contribution >= 0.6 is 24.0 Å². The molecule has 0 radical (unpaired) electrons. The Kier molecular flexibility index (Phi) is 8.84. The van der Waals surface area contributed by atoms with Crippen LogP contribution in [0, 0.1) is 5.41 Å². The number of amides is 1. The van der Waals surface area contributed by atoms with Crippen molar-refractivity contribution < 1.29 is 13.2 Å². The summed E-state index contributed by atoms with van der Waals surface area (Å²) in [4.78, 5) is 19.1. The Labute approximate surface area is 186 Å². The third kappa shape index (κ3) is 6.47. The van der Waals surface area contributed by atoms with Crippen LogP contribution in [0.4, 0.5) is 0 Å². The second-order valence-corrected chi connectivity index (χ2v) is 10.6. The highest BCUT2D eigenvalue weighted by Crippen LogP contribution is 2.43. The number of hydrogen-bond acceptors (Lipinski definition) is 4. The summed E-state index contributed by atoms with van der Waals surface area (Å²) in [5.74, 6) is 1.05. The van der Waals surface area contributed by atoms with Gasteiger partial charge in [0.2, 0.25) is 5.91 Å². The maximum absolute atomic E-state index is 12.1. The van der Waals surface area contributed by atoms with E-state index in [4.69, 9.17) is 0 Å². The Balaban J connectivity index is 0.00000280. The van der Waals surface area contributed by atoms with Gasteiger partial charge in [-0.25, -0.2) is 8.42 Å². The minimum absolute atomic E-state index is 0. The lowest BCUT2D eigenvalue weighted by molar-refractivity contribution is -0.121. The van der Waals surface area contributed by atoms with Gasteiger partial charge < -0.3 is 15.5 Å². The van der Waals surface area contributed by atoms with Gasteiger partial charge in [0, 0.05) is 32.1 Å². The van der Waals surface area contributed by atoms with Crippen molar-refractivity contribution in [1.82, 2.24) is 15.5 Å². The van der Waals surface area contributed by atoms with E-state index in [0.29, 0.717) is 24.8 Å². The third-order valence-electron chi connectivity index (χ3n) is 6.18. The first kappa shape index (κ1) is 23.7. The summed E-state index contributed by atoms with van der Waals surface area (Å²) in [5, 5.41) is 6.20. The molecule has 2 heterocycles. The first-order valence-electron chi connectivity index (χ1n) is 10.4. The molecule has 3 rings (SSSR count). The van der Waals surface area contributed by atoms with Gasteiger partial charge in [0.25, 0.3) is 0 Å². The number of guanidine groups is 1. The molecule has 0 aromatic heterocycles. The molecular weight excluding hydrogens is 491 g/mol. The van der Waals surface area contributed by atoms with E-state index in [2.05, 4.69) is 27.4 Å². The Morgan fingerprint density at radius 1 is 1.21 bits per heavy atom. The number of sulfone groups is 1. The van der Waals surface area contributed by atoms with Crippen LogP contribution in [-0.4, -0.2) is 68.9 Å². The molecule has 0 aromatic carbocycles. The molecule has 0 aromatic rings. The molecule has 9 heteroatoms. The number of hydrogen-bond donors (Lipinski definition) is 2. The molecule has 162 valence electrons. The van der Waals surface area contributed by atoms with Gasteiger partial charge >= 0.3 is 0 Å². The summed E-state index contributed by atoms with van der Waals surface area (Å²) in [6, 6.07) is -0.232. The van der Waals surface area contributed by atoms with Gasteiger partial charge in [-0.15, -0.1) is 24.0 Å². The third-order valence-corrected chi connectivity index (χ3v) is 7.95. The first-order valence-corrected chi connectivity index (χ1v) is 12.3. The highest BCUT2D eigenvalue weighted by Gasteiger charge is 2.39. The number of nitrogens with zero attached hydrogens (tertiary/aromatic N) is 2. The molecule has 2 saturated heterocycles. The SMILES string of the molecule is CCNC(=NCCC(=O)NC1CCS(=O)(=O)C1)N1CCC2(CCCCC2)C1.I. The van der Waals surface area contributed by atoms with E-state index in [9.17, 15) is 13.2 Å². The van der Waals surface area contributed by atoms with Crippen molar-refractivity contribution in [2.45, 2.75) is 64.3 Å². The van der Waals surface area contributed by atoms with Crippen molar-refractivity contribution in [1.29, 1.82) is 0 Å². The van der Waals surface area contributed by atoms with E-state index in [1.54, 1.807) is 0 Å². The molecule has 2 N–H and O–H groups in total. The maximum atomic E-state index is 12.1. The number of aliphatic imine (C=N–C) groups is 1. The van der Waals surface area contributed by atoms with Gasteiger partial charge in [0.15, 0.2) is 15.8 Å². The topological polar surface area (TPSA) is 90.9 Å². The number of halogens is 1. The van der Waals surface area contributed by atoms with Crippen molar-refractivity contribution in [2.24, 2.45) is 10.4 Å². The second kappa shape index (κ2) is 10.4. The molecule has 0 bridgehead atoms. The molecule has 3 aliphatic rings. The monoisotopic (exact) mass is 526 g/mol. The summed E-state index contributed by atoms with van der Waals surface area (Å²) in [5.41, 5.74) is 0.472. The first-order chi connectivity index (χ1) is 12.9. The average molecular weight is 526 g/mol. The largest absolute Gasteiger partial charge is 0.357 e. The highest BCUT2D eigenvalue weighted by molar-refractivity contribution is 14.0. The van der Waals surface area contributed by atoms with Crippen LogP contribution < -0.4 is 10.6 Å². The van der Waals surface area contributed by atoms with Crippen molar-refractivity contribution in [2.75, 3.05) is 37.7 Å². The molecule has 1 unspecified atom stereocenters. The van der Waals surface area contributed by atoms with E-state index in [1.807, 2.05) is 0 Å². The number of nitrogens with one attached hydrogen (secondary N) is 2. The van der Waals surface area contributed by atoms with Crippen molar-refractivity contribution in [3.63, 3.8) is 0 Å². The molecule has 2 aliphatic heterocycles. The molecular formula is C19H35IN4O3S. The van der Waals surface area contributed by atoms with Crippen molar-refractivity contribution in [3.8, 4) is 0 Å². The second-order valence-electron chi connectivity index (χ2n) is 8.39. The fourth-order valence-corrected chi connectivity index (χ4v) is 6.40. The molecule has 7 nitrogen and oxygen atoms in total. The van der Waals surface area contributed by atoms with E-state index >= 15 is 0 Å². The predicted octanol–water partition coefficient (Wildman–Crippen LogP) is 1.92. The standard InChI is InChI=1S/C19H34N4O3S.HI/c1-2-20-18(23-12-10-19(15-23)8-4-3-5-9-19)21-11-6-17(24)22-16-7-13-27(25,26)14-16;/h16H,2-15H2,1H3,(H,20,21)(H,22,24);1H. The Hall–Kier alpha value is -0.580. The summed E-state index contributed by atoms with van der Waals surface area (Å²) in [7, 11) is -2.97. The summed E-state index contributed by atoms with van der Waals surface area (Å²) in [6.45, 7) is 5.42. The van der Waals surface area contributed by atoms with Crippen molar-refractivity contribution in [3.05, 3.63) is 0 Å². The fraction of sp³-hybridized carbons (Fsp3) is 0.895. The molecule has 3 fully saturated rings. The van der Waals surface area contributed by atoms with Crippen LogP contribution in [0.2, 0.25) is 0 Å². The molecule has 1 saturated carbocycles. The number of carbonyl (C=O) groups excluding carboxylic acids is 1. The maximum Gasteiger partial charge on any atom is 0.222 e. The van der Waals surface area contributed by atoms with Crippen molar-refractivity contribution >= 4 is 45.7 Å². The minimum Gasteiger partial charge on any atom is -0.357 e. The summed E-state index contributed by atoms with van der Waals surface area (Å²) < 4.78 is 23.0. The zero-order chi connectivity index (χ0) is 19.3. The van der Waals surface area contributed by atoms with E-state index in [-0.39, 0.29) is 47.4 Å². The molecule has 1 aliphatic carbocycles. The summed E-state index contributed by atoms with van der Waals surface area (Å²) in [6.07, 6.45) is 8.78. The lowest BCUT2D eigenvalue weighted by Crippen LogP contribution is -2.42. The minimum atomic E-state index is -2.97. The molecule has 1 amide bonds. The van der Waals surface area contributed by atoms with Gasteiger partial charge in [-0.3, -0.25) is 9.79 Å². The summed E-state index contributed by atoms with van der Waals surface area (Å²) >= 11 is 0. The molecule has 1 spiro atoms. The van der Waals surface area contributed by atoms with E-state index < -0.39 is 9.84 Å². The van der Waals surface area contributed by atoms with Crippen LogP contribution in [-0.2, 0) is 14.6 Å². The van der Waals surface area contributed by atoms with Gasteiger partial charge in [-0.05, 0) is 38.0 Å².